The summed E-state index contributed by atoms with van der Waals surface area (Å²) in [7, 11) is -13.0. The van der Waals surface area contributed by atoms with Gasteiger partial charge in [-0.05, 0) is 61.1 Å². The Morgan fingerprint density at radius 3 is 2.31 bits per heavy atom. The van der Waals surface area contributed by atoms with Gasteiger partial charge in [0.15, 0.2) is 6.54 Å². The van der Waals surface area contributed by atoms with Crippen molar-refractivity contribution in [2.45, 2.75) is 86.0 Å². The Bertz CT molecular complexity index is 2250. The summed E-state index contributed by atoms with van der Waals surface area (Å²) in [5.74, 6) is -2.17. The van der Waals surface area contributed by atoms with Crippen molar-refractivity contribution in [2.75, 3.05) is 11.5 Å². The summed E-state index contributed by atoms with van der Waals surface area (Å²) in [4.78, 5) is 11.4. The summed E-state index contributed by atoms with van der Waals surface area (Å²) in [6.07, 6.45) is 11.7. The molecule has 0 radical (unpaired) electrons. The number of hydrogen-bond acceptors (Lipinski definition) is 12. The number of rotatable bonds is 21. The van der Waals surface area contributed by atoms with Crippen LogP contribution in [-0.2, 0) is 56.5 Å². The highest BCUT2D eigenvalue weighted by molar-refractivity contribution is 7.94. The van der Waals surface area contributed by atoms with Crippen molar-refractivity contribution in [3.05, 3.63) is 82.4 Å². The Labute approximate surface area is 322 Å². The fourth-order valence-corrected chi connectivity index (χ4v) is 9.94. The van der Waals surface area contributed by atoms with Gasteiger partial charge in [0.1, 0.15) is 4.70 Å². The van der Waals surface area contributed by atoms with Crippen molar-refractivity contribution >= 4 is 76.0 Å². The van der Waals surface area contributed by atoms with E-state index in [0.717, 1.165) is 38.4 Å². The Morgan fingerprint density at radius 1 is 0.926 bits per heavy atom. The van der Waals surface area contributed by atoms with E-state index < -0.39 is 53.2 Å². The molecule has 20 heteroatoms. The number of hydrogen-bond donors (Lipinski definition) is 5. The number of benzene rings is 2. The van der Waals surface area contributed by atoms with Crippen LogP contribution in [-0.4, -0.2) is 66.8 Å². The lowest BCUT2D eigenvalue weighted by Crippen LogP contribution is -2.35. The molecule has 0 saturated heterocycles. The summed E-state index contributed by atoms with van der Waals surface area (Å²) in [5, 5.41) is 22.0. The number of carboxylic acid groups (broad SMARTS) is 1. The first-order chi connectivity index (χ1) is 25.3. The number of aliphatic carboxylic acids is 1. The fourth-order valence-electron chi connectivity index (χ4n) is 6.79. The number of aromatic nitrogens is 1. The average molecular weight is 849 g/mol. The van der Waals surface area contributed by atoms with Gasteiger partial charge in [-0.15, -0.1) is 4.33 Å². The van der Waals surface area contributed by atoms with Gasteiger partial charge in [0.05, 0.1) is 28.4 Å². The monoisotopic (exact) mass is 848 g/mol. The van der Waals surface area contributed by atoms with Crippen molar-refractivity contribution in [2.24, 2.45) is 0 Å². The molecule has 1 aliphatic carbocycles. The van der Waals surface area contributed by atoms with Gasteiger partial charge in [0.25, 0.3) is 35.4 Å². The van der Waals surface area contributed by atoms with Gasteiger partial charge < -0.3 is 5.11 Å². The normalized spacial score (nSPS) is 18.8. The molecule has 0 aliphatic heterocycles. The summed E-state index contributed by atoms with van der Waals surface area (Å²) >= 11 is 2.19. The molecule has 3 aromatic rings. The van der Waals surface area contributed by atoms with Gasteiger partial charge in [0, 0.05) is 41.2 Å². The second kappa shape index (κ2) is 18.7. The van der Waals surface area contributed by atoms with Crippen molar-refractivity contribution in [1.82, 2.24) is 0 Å². The number of thiazole rings is 1. The number of fused-ring (bicyclic) bond motifs is 2. The lowest BCUT2D eigenvalue weighted by Gasteiger charge is -2.30. The molecule has 296 valence electrons. The van der Waals surface area contributed by atoms with E-state index in [-0.39, 0.29) is 36.6 Å². The lowest BCUT2D eigenvalue weighted by molar-refractivity contribution is -0.668. The maximum Gasteiger partial charge on any atom is 0.303 e. The van der Waals surface area contributed by atoms with Crippen molar-refractivity contribution in [1.29, 1.82) is 0 Å². The van der Waals surface area contributed by atoms with E-state index in [1.807, 2.05) is 23.6 Å². The Kier molecular flexibility index (Phi) is 15.2. The van der Waals surface area contributed by atoms with Crippen molar-refractivity contribution < 1.29 is 68.0 Å². The molecule has 1 aromatic heterocycles. The fraction of sp³-hybridized carbons (Fsp3) is 0.412. The van der Waals surface area contributed by atoms with E-state index in [9.17, 15) is 43.7 Å². The molecule has 5 N–H and O–H groups in total. The van der Waals surface area contributed by atoms with Crippen LogP contribution in [0.1, 0.15) is 80.3 Å². The molecule has 0 spiro atoms. The Balaban J connectivity index is 1.72. The number of aryl methyl sites for hydroxylation is 1. The molecule has 15 nitrogen and oxygen atoms in total. The van der Waals surface area contributed by atoms with Gasteiger partial charge in [-0.25, -0.2) is 5.26 Å². The third-order valence-electron chi connectivity index (χ3n) is 9.15. The molecule has 0 saturated carbocycles. The van der Waals surface area contributed by atoms with Crippen molar-refractivity contribution in [3.63, 3.8) is 0 Å². The van der Waals surface area contributed by atoms with E-state index >= 15 is 0 Å². The minimum Gasteiger partial charge on any atom is -0.481 e. The maximum atomic E-state index is 12.2. The zero-order valence-electron chi connectivity index (χ0n) is 29.1. The van der Waals surface area contributed by atoms with Gasteiger partial charge in [0.2, 0.25) is 5.52 Å². The SMILES string of the molecule is CC1(CCCCCC(=O)O)C(=CC=CC=Cc2sc3cc(SOOO)ccc3[n+]2CCCS(=O)(=O)O)C(CCCS(=O)(=O)O)c2ccc(S(=O)(=O)O)cc21. The Hall–Kier alpha value is -3.02. The van der Waals surface area contributed by atoms with Gasteiger partial charge in [-0.1, -0.05) is 72.1 Å². The predicted molar refractivity (Wildman–Crippen MR) is 203 cm³/mol. The van der Waals surface area contributed by atoms with Gasteiger partial charge in [-0.3, -0.25) is 18.5 Å². The largest absolute Gasteiger partial charge is 0.481 e. The van der Waals surface area contributed by atoms with Crippen molar-refractivity contribution in [3.8, 4) is 0 Å². The smallest absolute Gasteiger partial charge is 0.303 e. The van der Waals surface area contributed by atoms with Crippen LogP contribution in [0, 0.1) is 0 Å². The average Bonchev–Trinajstić information content (AvgIpc) is 3.52. The van der Waals surface area contributed by atoms with Crippen LogP contribution in [0.4, 0.5) is 0 Å². The molecule has 2 atom stereocenters. The van der Waals surface area contributed by atoms with E-state index in [2.05, 4.69) is 9.37 Å². The van der Waals surface area contributed by atoms with E-state index in [4.69, 9.17) is 10.4 Å². The van der Waals surface area contributed by atoms with Crippen LogP contribution < -0.4 is 4.57 Å². The molecule has 0 amide bonds. The second-order valence-corrected chi connectivity index (χ2v) is 19.3. The number of carbonyl (C=O) groups is 1. The molecule has 54 heavy (non-hydrogen) atoms. The van der Waals surface area contributed by atoms with Crippen LogP contribution >= 0.6 is 23.4 Å². The summed E-state index contributed by atoms with van der Waals surface area (Å²) in [6, 6.07) is 9.66. The topological polar surface area (TPSA) is 243 Å². The molecule has 0 fully saturated rings. The highest BCUT2D eigenvalue weighted by Gasteiger charge is 2.44. The Morgan fingerprint density at radius 2 is 1.65 bits per heavy atom. The van der Waals surface area contributed by atoms with E-state index in [1.54, 1.807) is 42.5 Å². The second-order valence-electron chi connectivity index (χ2n) is 12.9. The molecule has 1 heterocycles. The highest BCUT2D eigenvalue weighted by Crippen LogP contribution is 2.55. The molecule has 2 aromatic carbocycles. The molecular weight excluding hydrogens is 807 g/mol. The first-order valence-electron chi connectivity index (χ1n) is 16.7. The van der Waals surface area contributed by atoms with Gasteiger partial charge in [-0.2, -0.15) is 29.8 Å². The number of allylic oxidation sites excluding steroid dienone is 5. The molecular formula is C34H42NO14S5+. The quantitative estimate of drug-likeness (QED) is 0.0148. The first-order valence-corrected chi connectivity index (χ1v) is 22.9. The van der Waals surface area contributed by atoms with E-state index in [1.165, 1.54) is 23.5 Å². The molecule has 4 rings (SSSR count). The van der Waals surface area contributed by atoms with Crippen LogP contribution in [0.2, 0.25) is 0 Å². The third-order valence-corrected chi connectivity index (χ3v) is 13.3. The molecule has 2 unspecified atom stereocenters. The summed E-state index contributed by atoms with van der Waals surface area (Å²) < 4.78 is 106. The minimum absolute atomic E-state index is 0.00375. The van der Waals surface area contributed by atoms with Crippen LogP contribution in [0.3, 0.4) is 0 Å². The molecule has 0 bridgehead atoms. The standard InChI is InChI=1S/C34H41NO14S5/c1-34(18-7-3-6-13-33(36)37)28(26(10-8-20-52(39,40)41)27-16-15-25(23-29(27)34)54(45,46)47)11-4-2-5-12-32-35(19-9-21-53(42,43)44)30-17-14-24(51-49-48-38)22-31(30)50-32/h2,4-5,11-12,14-17,22-23,26H,3,6-10,13,18-21H2,1H3,(H4-,36,37,38,39,40,41,42,43,44,45,46,47)/p+1. The number of unbranched alkanes of at least 4 members (excludes halogenated alkanes) is 2. The maximum absolute atomic E-state index is 12.2. The molecule has 1 aliphatic rings. The van der Waals surface area contributed by atoms with Crippen LogP contribution in [0.25, 0.3) is 16.3 Å². The lowest BCUT2D eigenvalue weighted by atomic mass is 9.74. The van der Waals surface area contributed by atoms with Gasteiger partial charge >= 0.3 is 5.97 Å². The zero-order valence-corrected chi connectivity index (χ0v) is 33.2. The van der Waals surface area contributed by atoms with E-state index in [0.29, 0.717) is 42.6 Å². The number of nitrogens with zero attached hydrogens (tertiary/aromatic N) is 1. The van der Waals surface area contributed by atoms with Crippen LogP contribution in [0.5, 0.6) is 0 Å². The highest BCUT2D eigenvalue weighted by atomic mass is 32.2. The third kappa shape index (κ3) is 12.2. The zero-order chi connectivity index (χ0) is 39.7. The summed E-state index contributed by atoms with van der Waals surface area (Å²) in [6.45, 7) is 2.21. The van der Waals surface area contributed by atoms with Crippen LogP contribution in [0.15, 0.2) is 76.1 Å². The minimum atomic E-state index is -4.56. The summed E-state index contributed by atoms with van der Waals surface area (Å²) in [5.41, 5.74) is 2.26. The first kappa shape index (κ1) is 43.7. The number of carboxylic acids is 1. The predicted octanol–water partition coefficient (Wildman–Crippen LogP) is 6.40.